The van der Waals surface area contributed by atoms with Crippen molar-refractivity contribution in [1.29, 1.82) is 0 Å². The van der Waals surface area contributed by atoms with Crippen molar-refractivity contribution in [1.82, 2.24) is 4.90 Å². The van der Waals surface area contributed by atoms with E-state index in [-0.39, 0.29) is 0 Å². The van der Waals surface area contributed by atoms with Crippen molar-refractivity contribution in [2.45, 2.75) is 31.7 Å². The molecule has 2 nitrogen and oxygen atoms in total. The molecule has 2 bridgehead atoms. The van der Waals surface area contributed by atoms with E-state index >= 15 is 0 Å². The lowest BCUT2D eigenvalue weighted by atomic mass is 9.93. The molecule has 3 atom stereocenters. The largest absolute Gasteiger partial charge is 0.369 e. The summed E-state index contributed by atoms with van der Waals surface area (Å²) in [6, 6.07) is 9.18. The van der Waals surface area contributed by atoms with Gasteiger partial charge in [-0.05, 0) is 49.3 Å². The maximum absolute atomic E-state index is 6.10. The van der Waals surface area contributed by atoms with Gasteiger partial charge in [-0.15, -0.1) is 0 Å². The van der Waals surface area contributed by atoms with Crippen LogP contribution < -0.4 is 4.90 Å². The second kappa shape index (κ2) is 5.23. The molecule has 1 aromatic carbocycles. The fourth-order valence-corrected chi connectivity index (χ4v) is 4.83. The van der Waals surface area contributed by atoms with Crippen molar-refractivity contribution in [2.75, 3.05) is 31.1 Å². The number of hydrogen-bond acceptors (Lipinski definition) is 2. The van der Waals surface area contributed by atoms with Gasteiger partial charge in [0.1, 0.15) is 0 Å². The molecule has 3 heteroatoms. The lowest BCUT2D eigenvalue weighted by molar-refractivity contribution is 0.135. The van der Waals surface area contributed by atoms with Gasteiger partial charge in [-0.25, -0.2) is 0 Å². The molecule has 0 radical (unpaired) electrons. The molecular formula is C17H23ClN2. The third-order valence-electron chi connectivity index (χ3n) is 5.66. The summed E-state index contributed by atoms with van der Waals surface area (Å²) < 4.78 is 0. The third kappa shape index (κ3) is 2.33. The molecule has 3 unspecified atom stereocenters. The Morgan fingerprint density at radius 2 is 1.85 bits per heavy atom. The van der Waals surface area contributed by atoms with Crippen LogP contribution in [0.3, 0.4) is 0 Å². The van der Waals surface area contributed by atoms with Crippen LogP contribution in [-0.2, 0) is 0 Å². The van der Waals surface area contributed by atoms with Gasteiger partial charge in [-0.3, -0.25) is 4.90 Å². The van der Waals surface area contributed by atoms with Crippen LogP contribution in [-0.4, -0.2) is 37.1 Å². The summed E-state index contributed by atoms with van der Waals surface area (Å²) >= 11 is 6.10. The van der Waals surface area contributed by atoms with Gasteiger partial charge in [0.05, 0.1) is 0 Å². The zero-order chi connectivity index (χ0) is 13.5. The molecule has 2 saturated carbocycles. The van der Waals surface area contributed by atoms with Crippen LogP contribution in [0.1, 0.15) is 25.7 Å². The minimum atomic E-state index is 0.845. The monoisotopic (exact) mass is 290 g/mol. The Morgan fingerprint density at radius 3 is 2.50 bits per heavy atom. The number of anilines is 1. The number of hydrogen-bond donors (Lipinski definition) is 0. The maximum atomic E-state index is 6.10. The molecule has 0 spiro atoms. The van der Waals surface area contributed by atoms with Gasteiger partial charge in [-0.1, -0.05) is 24.1 Å². The number of nitrogens with zero attached hydrogens (tertiary/aromatic N) is 2. The molecule has 4 rings (SSSR count). The molecule has 0 aromatic heterocycles. The minimum absolute atomic E-state index is 0.845. The Labute approximate surface area is 126 Å². The van der Waals surface area contributed by atoms with E-state index in [9.17, 15) is 0 Å². The fraction of sp³-hybridized carbons (Fsp3) is 0.647. The first kappa shape index (κ1) is 13.0. The number of benzene rings is 1. The molecule has 1 aromatic rings. The Hall–Kier alpha value is -0.730. The van der Waals surface area contributed by atoms with Crippen molar-refractivity contribution < 1.29 is 0 Å². The van der Waals surface area contributed by atoms with Crippen molar-refractivity contribution in [2.24, 2.45) is 11.8 Å². The second-order valence-corrected chi connectivity index (χ2v) is 7.18. The van der Waals surface area contributed by atoms with E-state index in [1.807, 2.05) is 6.07 Å². The van der Waals surface area contributed by atoms with Gasteiger partial charge >= 0.3 is 0 Å². The van der Waals surface area contributed by atoms with Gasteiger partial charge in [0.15, 0.2) is 0 Å². The summed E-state index contributed by atoms with van der Waals surface area (Å²) in [5.74, 6) is 2.06. The average Bonchev–Trinajstić information content (AvgIpc) is 3.10. The molecule has 3 fully saturated rings. The Bertz CT molecular complexity index is 482. The Kier molecular flexibility index (Phi) is 3.39. The van der Waals surface area contributed by atoms with Crippen LogP contribution >= 0.6 is 11.6 Å². The smallest absolute Gasteiger partial charge is 0.0426 e. The van der Waals surface area contributed by atoms with E-state index in [0.717, 1.165) is 36.0 Å². The molecule has 2 aliphatic carbocycles. The average molecular weight is 291 g/mol. The number of piperazine rings is 1. The van der Waals surface area contributed by atoms with E-state index in [1.54, 1.807) is 0 Å². The normalized spacial score (nSPS) is 33.9. The van der Waals surface area contributed by atoms with Crippen molar-refractivity contribution in [3.63, 3.8) is 0 Å². The highest BCUT2D eigenvalue weighted by Crippen LogP contribution is 2.46. The first-order chi connectivity index (χ1) is 9.79. The molecular weight excluding hydrogens is 268 g/mol. The second-order valence-electron chi connectivity index (χ2n) is 6.75. The van der Waals surface area contributed by atoms with Gasteiger partial charge in [-0.2, -0.15) is 0 Å². The quantitative estimate of drug-likeness (QED) is 0.820. The minimum Gasteiger partial charge on any atom is -0.369 e. The topological polar surface area (TPSA) is 6.48 Å². The maximum Gasteiger partial charge on any atom is 0.0426 e. The molecule has 0 amide bonds. The summed E-state index contributed by atoms with van der Waals surface area (Å²) in [5.41, 5.74) is 1.28. The highest BCUT2D eigenvalue weighted by atomic mass is 35.5. The Balaban J connectivity index is 1.38. The Morgan fingerprint density at radius 1 is 1.00 bits per heavy atom. The summed E-state index contributed by atoms with van der Waals surface area (Å²) in [7, 11) is 0. The zero-order valence-corrected chi connectivity index (χ0v) is 12.7. The molecule has 108 valence electrons. The molecule has 1 heterocycles. The predicted molar refractivity (Wildman–Crippen MR) is 84.5 cm³/mol. The predicted octanol–water partition coefficient (Wildman–Crippen LogP) is 3.65. The van der Waals surface area contributed by atoms with Gasteiger partial charge in [0.25, 0.3) is 0 Å². The first-order valence-corrected chi connectivity index (χ1v) is 8.42. The summed E-state index contributed by atoms with van der Waals surface area (Å²) in [5, 5.41) is 0.845. The summed E-state index contributed by atoms with van der Waals surface area (Å²) in [6.45, 7) is 4.74. The molecule has 20 heavy (non-hydrogen) atoms. The third-order valence-corrected chi connectivity index (χ3v) is 5.89. The van der Waals surface area contributed by atoms with E-state index in [4.69, 9.17) is 11.6 Å². The molecule has 1 aliphatic heterocycles. The SMILES string of the molecule is Clc1cccc(N2CCN(C3CC4CCC3C4)CC2)c1. The van der Waals surface area contributed by atoms with E-state index in [1.165, 1.54) is 44.5 Å². The number of fused-ring (bicyclic) bond motifs is 2. The van der Waals surface area contributed by atoms with Crippen LogP contribution in [0, 0.1) is 11.8 Å². The highest BCUT2D eigenvalue weighted by molar-refractivity contribution is 6.30. The van der Waals surface area contributed by atoms with E-state index in [2.05, 4.69) is 28.0 Å². The van der Waals surface area contributed by atoms with Gasteiger partial charge in [0.2, 0.25) is 0 Å². The van der Waals surface area contributed by atoms with Gasteiger partial charge < -0.3 is 4.90 Å². The first-order valence-electron chi connectivity index (χ1n) is 8.04. The molecule has 1 saturated heterocycles. The summed E-state index contributed by atoms with van der Waals surface area (Å²) in [4.78, 5) is 5.25. The standard InChI is InChI=1S/C17H23ClN2/c18-15-2-1-3-16(12-15)19-6-8-20(9-7-19)17-11-13-4-5-14(17)10-13/h1-3,12-14,17H,4-11H2. The van der Waals surface area contributed by atoms with Crippen LogP contribution in [0.4, 0.5) is 5.69 Å². The summed E-state index contributed by atoms with van der Waals surface area (Å²) in [6.07, 6.45) is 5.98. The van der Waals surface area contributed by atoms with Gasteiger partial charge in [0, 0.05) is 42.9 Å². The lowest BCUT2D eigenvalue weighted by Crippen LogP contribution is -2.51. The number of halogens is 1. The van der Waals surface area contributed by atoms with Crippen LogP contribution in [0.25, 0.3) is 0 Å². The zero-order valence-electron chi connectivity index (χ0n) is 12.0. The van der Waals surface area contributed by atoms with Crippen LogP contribution in [0.2, 0.25) is 5.02 Å². The lowest BCUT2D eigenvalue weighted by Gasteiger charge is -2.41. The molecule has 0 N–H and O–H groups in total. The molecule has 3 aliphatic rings. The fourth-order valence-electron chi connectivity index (χ4n) is 4.64. The van der Waals surface area contributed by atoms with E-state index < -0.39 is 0 Å². The van der Waals surface area contributed by atoms with Crippen molar-refractivity contribution in [3.8, 4) is 0 Å². The highest BCUT2D eigenvalue weighted by Gasteiger charge is 2.42. The van der Waals surface area contributed by atoms with E-state index in [0.29, 0.717) is 0 Å². The van der Waals surface area contributed by atoms with Crippen molar-refractivity contribution >= 4 is 17.3 Å². The van der Waals surface area contributed by atoms with Crippen molar-refractivity contribution in [3.05, 3.63) is 29.3 Å². The van der Waals surface area contributed by atoms with Crippen LogP contribution in [0.5, 0.6) is 0 Å². The van der Waals surface area contributed by atoms with Crippen LogP contribution in [0.15, 0.2) is 24.3 Å². The number of rotatable bonds is 2.